The molecule has 0 saturated heterocycles. The van der Waals surface area contributed by atoms with Gasteiger partial charge in [-0.1, -0.05) is 26.0 Å². The fourth-order valence-electron chi connectivity index (χ4n) is 1.69. The molecule has 0 radical (unpaired) electrons. The summed E-state index contributed by atoms with van der Waals surface area (Å²) in [5.74, 6) is -0.824. The van der Waals surface area contributed by atoms with Crippen LogP contribution in [0.3, 0.4) is 0 Å². The number of rotatable bonds is 5. The Hall–Kier alpha value is -1.84. The number of hydrogen-bond acceptors (Lipinski definition) is 2. The Bertz CT molecular complexity index is 440. The Morgan fingerprint density at radius 3 is 2.56 bits per heavy atom. The van der Waals surface area contributed by atoms with Crippen LogP contribution in [0.15, 0.2) is 24.3 Å². The van der Waals surface area contributed by atoms with E-state index in [9.17, 15) is 9.59 Å². The highest BCUT2D eigenvalue weighted by Gasteiger charge is 2.14. The summed E-state index contributed by atoms with van der Waals surface area (Å²) in [6.07, 6.45) is 0.582. The topological polar surface area (TPSA) is 57.6 Å². The van der Waals surface area contributed by atoms with Crippen LogP contribution in [0.4, 0.5) is 5.69 Å². The third-order valence-electron chi connectivity index (χ3n) is 2.75. The lowest BCUT2D eigenvalue weighted by Crippen LogP contribution is -2.30. The lowest BCUT2D eigenvalue weighted by atomic mass is 10.1. The van der Waals surface area contributed by atoms with Crippen molar-refractivity contribution in [2.75, 3.05) is 11.9 Å². The Morgan fingerprint density at radius 1 is 1.33 bits per heavy atom. The van der Waals surface area contributed by atoms with Crippen LogP contribution in [0, 0.1) is 5.92 Å². The number of anilines is 1. The number of aryl methyl sites for hydroxylation is 1. The standard InChI is InChI=1S/C14H19NO3/c1-10(2)14(18)15(3)12-6-4-5-11(9-12)7-8-13(16)17/h4-6,9-10H,7-8H2,1-3H3,(H,16,17). The third-order valence-corrected chi connectivity index (χ3v) is 2.75. The van der Waals surface area contributed by atoms with E-state index in [-0.39, 0.29) is 18.2 Å². The molecule has 0 atom stereocenters. The number of benzene rings is 1. The van der Waals surface area contributed by atoms with Gasteiger partial charge in [0.1, 0.15) is 0 Å². The van der Waals surface area contributed by atoms with Crippen molar-refractivity contribution in [1.29, 1.82) is 0 Å². The minimum Gasteiger partial charge on any atom is -0.481 e. The molecule has 0 spiro atoms. The van der Waals surface area contributed by atoms with Crippen LogP contribution in [0.1, 0.15) is 25.8 Å². The maximum absolute atomic E-state index is 11.9. The summed E-state index contributed by atoms with van der Waals surface area (Å²) >= 11 is 0. The van der Waals surface area contributed by atoms with Gasteiger partial charge in [0.2, 0.25) is 5.91 Å². The van der Waals surface area contributed by atoms with E-state index in [2.05, 4.69) is 0 Å². The van der Waals surface area contributed by atoms with Crippen molar-refractivity contribution in [3.05, 3.63) is 29.8 Å². The Kier molecular flexibility index (Phi) is 4.89. The lowest BCUT2D eigenvalue weighted by molar-refractivity contribution is -0.137. The Balaban J connectivity index is 2.81. The molecule has 0 aliphatic carbocycles. The van der Waals surface area contributed by atoms with Gasteiger partial charge in [0.15, 0.2) is 0 Å². The molecule has 4 heteroatoms. The van der Waals surface area contributed by atoms with Crippen molar-refractivity contribution in [3.63, 3.8) is 0 Å². The summed E-state index contributed by atoms with van der Waals surface area (Å²) in [5, 5.41) is 8.65. The van der Waals surface area contributed by atoms with E-state index in [1.54, 1.807) is 11.9 Å². The summed E-state index contributed by atoms with van der Waals surface area (Å²) in [6.45, 7) is 3.71. The van der Waals surface area contributed by atoms with Crippen LogP contribution in [0.25, 0.3) is 0 Å². The van der Waals surface area contributed by atoms with Crippen LogP contribution in [0.2, 0.25) is 0 Å². The van der Waals surface area contributed by atoms with Crippen LogP contribution in [-0.2, 0) is 16.0 Å². The average Bonchev–Trinajstić information content (AvgIpc) is 2.34. The van der Waals surface area contributed by atoms with Crippen LogP contribution in [0.5, 0.6) is 0 Å². The molecule has 18 heavy (non-hydrogen) atoms. The molecule has 0 fully saturated rings. The van der Waals surface area contributed by atoms with Crippen molar-refractivity contribution in [1.82, 2.24) is 0 Å². The van der Waals surface area contributed by atoms with Gasteiger partial charge in [0.05, 0.1) is 0 Å². The summed E-state index contributed by atoms with van der Waals surface area (Å²) in [4.78, 5) is 24.0. The summed E-state index contributed by atoms with van der Waals surface area (Å²) in [5.41, 5.74) is 1.73. The minimum absolute atomic E-state index is 0.0467. The molecular formula is C14H19NO3. The van der Waals surface area contributed by atoms with Gasteiger partial charge in [-0.05, 0) is 24.1 Å². The maximum Gasteiger partial charge on any atom is 0.303 e. The van der Waals surface area contributed by atoms with Gasteiger partial charge in [-0.25, -0.2) is 0 Å². The van der Waals surface area contributed by atoms with Gasteiger partial charge in [0, 0.05) is 25.1 Å². The first-order chi connectivity index (χ1) is 8.41. The Morgan fingerprint density at radius 2 is 2.00 bits per heavy atom. The zero-order chi connectivity index (χ0) is 13.7. The van der Waals surface area contributed by atoms with E-state index in [0.717, 1.165) is 11.3 Å². The molecule has 0 heterocycles. The zero-order valence-corrected chi connectivity index (χ0v) is 11.0. The molecule has 0 aromatic heterocycles. The number of carboxylic acid groups (broad SMARTS) is 1. The summed E-state index contributed by atoms with van der Waals surface area (Å²) in [6, 6.07) is 7.44. The zero-order valence-electron chi connectivity index (χ0n) is 11.0. The monoisotopic (exact) mass is 249 g/mol. The molecule has 98 valence electrons. The highest BCUT2D eigenvalue weighted by Crippen LogP contribution is 2.17. The van der Waals surface area contributed by atoms with E-state index in [1.165, 1.54) is 0 Å². The van der Waals surface area contributed by atoms with E-state index in [4.69, 9.17) is 5.11 Å². The highest BCUT2D eigenvalue weighted by molar-refractivity contribution is 5.94. The number of carbonyl (C=O) groups excluding carboxylic acids is 1. The first-order valence-corrected chi connectivity index (χ1v) is 6.00. The molecule has 0 saturated carbocycles. The van der Waals surface area contributed by atoms with E-state index < -0.39 is 5.97 Å². The number of hydrogen-bond donors (Lipinski definition) is 1. The second kappa shape index (κ2) is 6.19. The molecule has 1 aromatic rings. The van der Waals surface area contributed by atoms with E-state index >= 15 is 0 Å². The van der Waals surface area contributed by atoms with Gasteiger partial charge >= 0.3 is 5.97 Å². The number of carbonyl (C=O) groups is 2. The molecule has 1 amide bonds. The molecule has 0 unspecified atom stereocenters. The second-order valence-electron chi connectivity index (χ2n) is 4.62. The molecule has 1 aromatic carbocycles. The molecule has 0 aliphatic heterocycles. The maximum atomic E-state index is 11.9. The number of aliphatic carboxylic acids is 1. The van der Waals surface area contributed by atoms with Crippen LogP contribution >= 0.6 is 0 Å². The van der Waals surface area contributed by atoms with E-state index in [1.807, 2.05) is 38.1 Å². The van der Waals surface area contributed by atoms with Crippen molar-refractivity contribution in [2.45, 2.75) is 26.7 Å². The molecule has 0 bridgehead atoms. The lowest BCUT2D eigenvalue weighted by Gasteiger charge is -2.20. The fourth-order valence-corrected chi connectivity index (χ4v) is 1.69. The van der Waals surface area contributed by atoms with Crippen molar-refractivity contribution in [3.8, 4) is 0 Å². The largest absolute Gasteiger partial charge is 0.481 e. The van der Waals surface area contributed by atoms with Crippen LogP contribution < -0.4 is 4.90 Å². The van der Waals surface area contributed by atoms with Gasteiger partial charge < -0.3 is 10.0 Å². The molecule has 0 aliphatic rings. The number of amides is 1. The fraction of sp³-hybridized carbons (Fsp3) is 0.429. The van der Waals surface area contributed by atoms with Gasteiger partial charge in [-0.3, -0.25) is 9.59 Å². The highest BCUT2D eigenvalue weighted by atomic mass is 16.4. The van der Waals surface area contributed by atoms with Gasteiger partial charge in [-0.2, -0.15) is 0 Å². The normalized spacial score (nSPS) is 10.4. The van der Waals surface area contributed by atoms with Crippen molar-refractivity contribution >= 4 is 17.6 Å². The van der Waals surface area contributed by atoms with Gasteiger partial charge in [0.25, 0.3) is 0 Å². The Labute approximate surface area is 107 Å². The molecule has 1 N–H and O–H groups in total. The SMILES string of the molecule is CC(C)C(=O)N(C)c1cccc(CCC(=O)O)c1. The first-order valence-electron chi connectivity index (χ1n) is 6.00. The number of carboxylic acids is 1. The smallest absolute Gasteiger partial charge is 0.303 e. The molecule has 1 rings (SSSR count). The second-order valence-corrected chi connectivity index (χ2v) is 4.62. The van der Waals surface area contributed by atoms with Crippen LogP contribution in [-0.4, -0.2) is 24.0 Å². The average molecular weight is 249 g/mol. The third kappa shape index (κ3) is 3.87. The predicted molar refractivity (Wildman–Crippen MR) is 70.6 cm³/mol. The van der Waals surface area contributed by atoms with Crippen molar-refractivity contribution < 1.29 is 14.7 Å². The van der Waals surface area contributed by atoms with Crippen molar-refractivity contribution in [2.24, 2.45) is 5.92 Å². The quantitative estimate of drug-likeness (QED) is 0.871. The summed E-state index contributed by atoms with van der Waals surface area (Å²) in [7, 11) is 1.73. The molecule has 4 nitrogen and oxygen atoms in total. The van der Waals surface area contributed by atoms with E-state index in [0.29, 0.717) is 6.42 Å². The minimum atomic E-state index is -0.813. The van der Waals surface area contributed by atoms with Gasteiger partial charge in [-0.15, -0.1) is 0 Å². The first kappa shape index (κ1) is 14.2. The number of nitrogens with zero attached hydrogens (tertiary/aromatic N) is 1. The predicted octanol–water partition coefficient (Wildman–Crippen LogP) is 2.32. The summed E-state index contributed by atoms with van der Waals surface area (Å²) < 4.78 is 0. The molecular weight excluding hydrogens is 230 g/mol.